The van der Waals surface area contributed by atoms with Crippen molar-refractivity contribution < 1.29 is 4.79 Å². The molecule has 5 nitrogen and oxygen atoms in total. The van der Waals surface area contributed by atoms with Crippen molar-refractivity contribution in [2.45, 2.75) is 32.6 Å². The van der Waals surface area contributed by atoms with Gasteiger partial charge in [-0.15, -0.1) is 0 Å². The van der Waals surface area contributed by atoms with Gasteiger partial charge in [0.25, 0.3) is 0 Å². The Morgan fingerprint density at radius 2 is 2.00 bits per heavy atom. The van der Waals surface area contributed by atoms with Crippen LogP contribution in [0, 0.1) is 5.92 Å². The van der Waals surface area contributed by atoms with Gasteiger partial charge in [0.05, 0.1) is 6.54 Å². The fraction of sp³-hybridized carbons (Fsp3) is 0.846. The molecule has 1 aliphatic carbocycles. The Bertz CT molecular complexity index is 306. The molecule has 2 rings (SSSR count). The van der Waals surface area contributed by atoms with E-state index < -0.39 is 0 Å². The Hall–Kier alpha value is -1.26. The van der Waals surface area contributed by atoms with E-state index in [0.29, 0.717) is 19.0 Å². The molecule has 2 aliphatic rings. The van der Waals surface area contributed by atoms with E-state index in [1.54, 1.807) is 0 Å². The van der Waals surface area contributed by atoms with Crippen LogP contribution in [-0.2, 0) is 4.79 Å². The number of carbonyl (C=O) groups excluding carboxylic acids is 1. The van der Waals surface area contributed by atoms with Crippen LogP contribution in [0.3, 0.4) is 0 Å². The molecule has 0 unspecified atom stereocenters. The number of likely N-dealkylation sites (tertiary alicyclic amines) is 1. The summed E-state index contributed by atoms with van der Waals surface area (Å²) >= 11 is 0. The highest BCUT2D eigenvalue weighted by molar-refractivity contribution is 5.81. The highest BCUT2D eigenvalue weighted by Gasteiger charge is 2.28. The zero-order valence-corrected chi connectivity index (χ0v) is 11.2. The summed E-state index contributed by atoms with van der Waals surface area (Å²) in [6.07, 6.45) is 4.63. The number of aliphatic imine (C=N–C) groups is 1. The van der Waals surface area contributed by atoms with E-state index in [1.807, 2.05) is 0 Å². The Morgan fingerprint density at radius 1 is 1.28 bits per heavy atom. The number of rotatable bonds is 5. The van der Waals surface area contributed by atoms with Gasteiger partial charge in [0.15, 0.2) is 5.96 Å². The number of hydrogen-bond donors (Lipinski definition) is 2. The second-order valence-electron chi connectivity index (χ2n) is 5.00. The van der Waals surface area contributed by atoms with E-state index in [9.17, 15) is 4.79 Å². The zero-order valence-electron chi connectivity index (χ0n) is 11.2. The van der Waals surface area contributed by atoms with Crippen LogP contribution in [0.15, 0.2) is 4.99 Å². The molecule has 102 valence electrons. The van der Waals surface area contributed by atoms with Gasteiger partial charge < -0.3 is 15.5 Å². The molecule has 1 amide bonds. The van der Waals surface area contributed by atoms with Crippen LogP contribution in [0.1, 0.15) is 32.6 Å². The molecule has 0 radical (unpaired) electrons. The largest absolute Gasteiger partial charge is 0.357 e. The van der Waals surface area contributed by atoms with E-state index >= 15 is 0 Å². The van der Waals surface area contributed by atoms with Crippen molar-refractivity contribution in [1.29, 1.82) is 0 Å². The number of carbonyl (C=O) groups is 1. The van der Waals surface area contributed by atoms with Gasteiger partial charge in [-0.05, 0) is 32.6 Å². The summed E-state index contributed by atoms with van der Waals surface area (Å²) in [5, 5.41) is 6.25. The molecule has 1 heterocycles. The molecular weight excluding hydrogens is 228 g/mol. The molecule has 0 spiro atoms. The molecule has 0 aromatic heterocycles. The number of amides is 1. The molecule has 0 aromatic carbocycles. The quantitative estimate of drug-likeness (QED) is 0.427. The third-order valence-corrected chi connectivity index (χ3v) is 3.36. The van der Waals surface area contributed by atoms with Gasteiger partial charge in [-0.2, -0.15) is 0 Å². The topological polar surface area (TPSA) is 56.7 Å². The summed E-state index contributed by atoms with van der Waals surface area (Å²) in [7, 11) is 0. The zero-order chi connectivity index (χ0) is 12.8. The minimum Gasteiger partial charge on any atom is -0.357 e. The molecule has 1 saturated carbocycles. The highest BCUT2D eigenvalue weighted by atomic mass is 16.2. The standard InChI is InChI=1S/C13H24N4O/c1-2-14-13(17-9-3-4-10-17)16-8-7-15-12(18)11-5-6-11/h11H,2-10H2,1H3,(H,14,16)(H,15,18). The predicted molar refractivity (Wildman–Crippen MR) is 72.5 cm³/mol. The van der Waals surface area contributed by atoms with Gasteiger partial charge in [0.2, 0.25) is 5.91 Å². The Morgan fingerprint density at radius 3 is 2.61 bits per heavy atom. The van der Waals surface area contributed by atoms with Crippen molar-refractivity contribution in [3.8, 4) is 0 Å². The molecule has 1 saturated heterocycles. The minimum absolute atomic E-state index is 0.205. The van der Waals surface area contributed by atoms with E-state index in [0.717, 1.165) is 38.4 Å². The lowest BCUT2D eigenvalue weighted by atomic mass is 10.4. The van der Waals surface area contributed by atoms with Crippen molar-refractivity contribution in [3.63, 3.8) is 0 Å². The summed E-state index contributed by atoms with van der Waals surface area (Å²) in [5.41, 5.74) is 0. The number of nitrogens with zero attached hydrogens (tertiary/aromatic N) is 2. The average molecular weight is 252 g/mol. The van der Waals surface area contributed by atoms with Crippen molar-refractivity contribution in [1.82, 2.24) is 15.5 Å². The van der Waals surface area contributed by atoms with Gasteiger partial charge in [-0.1, -0.05) is 0 Å². The molecule has 0 bridgehead atoms. The smallest absolute Gasteiger partial charge is 0.223 e. The monoisotopic (exact) mass is 252 g/mol. The molecule has 2 N–H and O–H groups in total. The summed E-state index contributed by atoms with van der Waals surface area (Å²) in [4.78, 5) is 18.3. The molecule has 1 aliphatic heterocycles. The van der Waals surface area contributed by atoms with E-state index in [2.05, 4.69) is 27.4 Å². The number of nitrogens with one attached hydrogen (secondary N) is 2. The van der Waals surface area contributed by atoms with E-state index in [4.69, 9.17) is 0 Å². The minimum atomic E-state index is 0.205. The number of guanidine groups is 1. The lowest BCUT2D eigenvalue weighted by Gasteiger charge is -2.20. The molecular formula is C13H24N4O. The summed E-state index contributed by atoms with van der Waals surface area (Å²) in [6.45, 7) is 6.49. The average Bonchev–Trinajstić information content (AvgIpc) is 3.09. The summed E-state index contributed by atoms with van der Waals surface area (Å²) in [6, 6.07) is 0. The summed E-state index contributed by atoms with van der Waals surface area (Å²) < 4.78 is 0. The second-order valence-corrected chi connectivity index (χ2v) is 5.00. The van der Waals surface area contributed by atoms with Crippen LogP contribution in [0.2, 0.25) is 0 Å². The lowest BCUT2D eigenvalue weighted by molar-refractivity contribution is -0.122. The van der Waals surface area contributed by atoms with Crippen molar-refractivity contribution in [3.05, 3.63) is 0 Å². The van der Waals surface area contributed by atoms with Crippen molar-refractivity contribution in [2.24, 2.45) is 10.9 Å². The molecule has 18 heavy (non-hydrogen) atoms. The van der Waals surface area contributed by atoms with Crippen LogP contribution in [-0.4, -0.2) is 49.5 Å². The van der Waals surface area contributed by atoms with Crippen LogP contribution >= 0.6 is 0 Å². The number of hydrogen-bond acceptors (Lipinski definition) is 2. The van der Waals surface area contributed by atoms with Gasteiger partial charge in [-0.25, -0.2) is 0 Å². The Balaban J connectivity index is 1.71. The predicted octanol–water partition coefficient (Wildman–Crippen LogP) is 0.574. The second kappa shape index (κ2) is 6.61. The summed E-state index contributed by atoms with van der Waals surface area (Å²) in [5.74, 6) is 1.49. The van der Waals surface area contributed by atoms with Gasteiger partial charge >= 0.3 is 0 Å². The van der Waals surface area contributed by atoms with Gasteiger partial charge in [0, 0.05) is 32.1 Å². The fourth-order valence-electron chi connectivity index (χ4n) is 2.19. The van der Waals surface area contributed by atoms with Crippen LogP contribution in [0.5, 0.6) is 0 Å². The Kier molecular flexibility index (Phi) is 4.84. The first kappa shape index (κ1) is 13.2. The molecule has 0 aromatic rings. The van der Waals surface area contributed by atoms with Crippen molar-refractivity contribution >= 4 is 11.9 Å². The maximum atomic E-state index is 11.4. The normalized spacial score (nSPS) is 20.1. The first-order chi connectivity index (χ1) is 8.81. The maximum Gasteiger partial charge on any atom is 0.223 e. The third kappa shape index (κ3) is 3.89. The Labute approximate surface area is 109 Å². The van der Waals surface area contributed by atoms with Gasteiger partial charge in [0.1, 0.15) is 0 Å². The van der Waals surface area contributed by atoms with Crippen LogP contribution < -0.4 is 10.6 Å². The van der Waals surface area contributed by atoms with Crippen LogP contribution in [0.4, 0.5) is 0 Å². The lowest BCUT2D eigenvalue weighted by Crippen LogP contribution is -2.40. The first-order valence-corrected chi connectivity index (χ1v) is 7.12. The maximum absolute atomic E-state index is 11.4. The molecule has 5 heteroatoms. The third-order valence-electron chi connectivity index (χ3n) is 3.36. The van der Waals surface area contributed by atoms with E-state index in [-0.39, 0.29) is 5.91 Å². The van der Waals surface area contributed by atoms with Crippen molar-refractivity contribution in [2.75, 3.05) is 32.7 Å². The van der Waals surface area contributed by atoms with Gasteiger partial charge in [-0.3, -0.25) is 9.79 Å². The first-order valence-electron chi connectivity index (χ1n) is 7.12. The fourth-order valence-corrected chi connectivity index (χ4v) is 2.19. The SMILES string of the molecule is CCNC(=NCCNC(=O)C1CC1)N1CCCC1. The highest BCUT2D eigenvalue weighted by Crippen LogP contribution is 2.28. The molecule has 2 fully saturated rings. The molecule has 0 atom stereocenters. The van der Waals surface area contributed by atoms with E-state index in [1.165, 1.54) is 12.8 Å². The van der Waals surface area contributed by atoms with Crippen LogP contribution in [0.25, 0.3) is 0 Å².